The highest BCUT2D eigenvalue weighted by Gasteiger charge is 1.83. The fourth-order valence-electron chi connectivity index (χ4n) is 0.959. The lowest BCUT2D eigenvalue weighted by Crippen LogP contribution is -1.73. The number of rotatable bonds is 7. The molecule has 1 heteroatoms. The van der Waals surface area contributed by atoms with Crippen molar-refractivity contribution < 1.29 is 0 Å². The molecule has 11 heavy (non-hydrogen) atoms. The van der Waals surface area contributed by atoms with Gasteiger partial charge in [0.05, 0.1) is 0 Å². The van der Waals surface area contributed by atoms with Crippen LogP contribution in [-0.2, 0) is 0 Å². The van der Waals surface area contributed by atoms with Gasteiger partial charge in [-0.05, 0) is 24.6 Å². The van der Waals surface area contributed by atoms with Gasteiger partial charge in [0.15, 0.2) is 0 Å². The molecule has 0 atom stereocenters. The molecule has 0 aliphatic heterocycles. The summed E-state index contributed by atoms with van der Waals surface area (Å²) in [5, 5.41) is 1.77. The van der Waals surface area contributed by atoms with E-state index in [0.29, 0.717) is 0 Å². The molecule has 0 fully saturated rings. The molecule has 0 aromatic rings. The Hall–Kier alpha value is -0.170. The van der Waals surface area contributed by atoms with Crippen LogP contribution in [0.25, 0.3) is 0 Å². The molecule has 0 amide bonds. The van der Waals surface area contributed by atoms with Crippen molar-refractivity contribution in [3.05, 3.63) is 12.2 Å². The summed E-state index contributed by atoms with van der Waals surface area (Å²) < 4.78 is 0. The maximum atomic E-state index is 4.70. The molecule has 0 aromatic heterocycles. The van der Waals surface area contributed by atoms with E-state index in [0.717, 1.165) is 6.42 Å². The molecule has 0 saturated carbocycles. The second kappa shape index (κ2) is 9.83. The highest BCUT2D eigenvalue weighted by molar-refractivity contribution is 7.78. The summed E-state index contributed by atoms with van der Waals surface area (Å²) in [6.45, 7) is 2.24. The van der Waals surface area contributed by atoms with Crippen LogP contribution < -0.4 is 0 Å². The van der Waals surface area contributed by atoms with Crippen molar-refractivity contribution in [2.75, 3.05) is 0 Å². The molecular weight excluding hydrogens is 152 g/mol. The predicted octanol–water partition coefficient (Wildman–Crippen LogP) is 3.90. The number of hydrogen-bond donors (Lipinski definition) is 0. The Balaban J connectivity index is 2.94. The highest BCUT2D eigenvalue weighted by Crippen LogP contribution is 2.02. The average Bonchev–Trinajstić information content (AvgIpc) is 2.03. The van der Waals surface area contributed by atoms with Gasteiger partial charge >= 0.3 is 0 Å². The fourth-order valence-corrected chi connectivity index (χ4v) is 1.07. The Bertz CT molecular complexity index is 105. The van der Waals surface area contributed by atoms with Crippen LogP contribution in [-0.4, -0.2) is 5.37 Å². The van der Waals surface area contributed by atoms with Crippen molar-refractivity contribution >= 4 is 17.6 Å². The Kier molecular flexibility index (Phi) is 9.68. The van der Waals surface area contributed by atoms with Gasteiger partial charge in [0.2, 0.25) is 0 Å². The third-order valence-electron chi connectivity index (χ3n) is 1.62. The maximum Gasteiger partial charge on any atom is -0.00639 e. The van der Waals surface area contributed by atoms with E-state index in [-0.39, 0.29) is 0 Å². The predicted molar refractivity (Wildman–Crippen MR) is 56.2 cm³/mol. The molecule has 0 rings (SSSR count). The Labute approximate surface area is 75.7 Å². The lowest BCUT2D eigenvalue weighted by molar-refractivity contribution is 0.674. The number of hydrogen-bond acceptors (Lipinski definition) is 1. The first-order valence-corrected chi connectivity index (χ1v) is 4.97. The van der Waals surface area contributed by atoms with E-state index in [9.17, 15) is 0 Å². The average molecular weight is 170 g/mol. The first-order valence-electron chi connectivity index (χ1n) is 4.50. The molecular formula is C10H18S. The third kappa shape index (κ3) is 9.83. The van der Waals surface area contributed by atoms with Gasteiger partial charge in [-0.1, -0.05) is 50.6 Å². The van der Waals surface area contributed by atoms with Crippen molar-refractivity contribution in [3.8, 4) is 0 Å². The van der Waals surface area contributed by atoms with Gasteiger partial charge in [0, 0.05) is 0 Å². The molecule has 64 valence electrons. The molecule has 0 aromatic carbocycles. The zero-order valence-electron chi connectivity index (χ0n) is 7.38. The van der Waals surface area contributed by atoms with E-state index in [1.165, 1.54) is 32.1 Å². The van der Waals surface area contributed by atoms with Crippen LogP contribution in [0.5, 0.6) is 0 Å². The van der Waals surface area contributed by atoms with Gasteiger partial charge in [0.1, 0.15) is 0 Å². The van der Waals surface area contributed by atoms with E-state index >= 15 is 0 Å². The van der Waals surface area contributed by atoms with Gasteiger partial charge < -0.3 is 0 Å². The normalized spacial score (nSPS) is 10.6. The zero-order chi connectivity index (χ0) is 8.36. The lowest BCUT2D eigenvalue weighted by Gasteiger charge is -1.93. The van der Waals surface area contributed by atoms with Crippen LogP contribution in [0.3, 0.4) is 0 Å². The van der Waals surface area contributed by atoms with Gasteiger partial charge in [0.25, 0.3) is 0 Å². The van der Waals surface area contributed by atoms with Gasteiger partial charge in [-0.25, -0.2) is 0 Å². The molecule has 0 nitrogen and oxygen atoms in total. The van der Waals surface area contributed by atoms with E-state index in [4.69, 9.17) is 12.2 Å². The largest absolute Gasteiger partial charge is 0.0931 e. The van der Waals surface area contributed by atoms with Crippen molar-refractivity contribution in [2.24, 2.45) is 0 Å². The summed E-state index contributed by atoms with van der Waals surface area (Å²) in [6.07, 6.45) is 12.0. The first kappa shape index (κ1) is 10.8. The summed E-state index contributed by atoms with van der Waals surface area (Å²) in [4.78, 5) is 0. The van der Waals surface area contributed by atoms with Gasteiger partial charge in [-0.15, -0.1) is 0 Å². The molecule has 0 unspecified atom stereocenters. The van der Waals surface area contributed by atoms with Crippen LogP contribution >= 0.6 is 12.2 Å². The van der Waals surface area contributed by atoms with Crippen LogP contribution in [0.15, 0.2) is 12.2 Å². The van der Waals surface area contributed by atoms with Crippen LogP contribution in [0.1, 0.15) is 45.4 Å². The fraction of sp³-hybridized carbons (Fsp3) is 0.700. The minimum Gasteiger partial charge on any atom is -0.0931 e. The molecule has 0 heterocycles. The molecule has 0 aliphatic carbocycles. The Morgan fingerprint density at radius 3 is 2.55 bits per heavy atom. The van der Waals surface area contributed by atoms with Gasteiger partial charge in [-0.2, -0.15) is 0 Å². The highest BCUT2D eigenvalue weighted by atomic mass is 32.1. The van der Waals surface area contributed by atoms with Crippen molar-refractivity contribution in [1.29, 1.82) is 0 Å². The van der Waals surface area contributed by atoms with Crippen molar-refractivity contribution in [3.63, 3.8) is 0 Å². The molecule has 0 saturated heterocycles. The molecule has 0 spiro atoms. The SMILES string of the molecule is CCCCCC/C=C/CC=S. The van der Waals surface area contributed by atoms with E-state index < -0.39 is 0 Å². The monoisotopic (exact) mass is 170 g/mol. The summed E-state index contributed by atoms with van der Waals surface area (Å²) in [7, 11) is 0. The topological polar surface area (TPSA) is 0 Å². The van der Waals surface area contributed by atoms with E-state index in [1.54, 1.807) is 5.37 Å². The summed E-state index contributed by atoms with van der Waals surface area (Å²) in [5.74, 6) is 0. The number of allylic oxidation sites excluding steroid dienone is 2. The first-order chi connectivity index (χ1) is 5.41. The van der Waals surface area contributed by atoms with Gasteiger partial charge in [-0.3, -0.25) is 0 Å². The van der Waals surface area contributed by atoms with E-state index in [1.807, 2.05) is 0 Å². The maximum absolute atomic E-state index is 4.70. The van der Waals surface area contributed by atoms with Crippen LogP contribution in [0, 0.1) is 0 Å². The molecule has 0 radical (unpaired) electrons. The second-order valence-electron chi connectivity index (χ2n) is 2.72. The van der Waals surface area contributed by atoms with E-state index in [2.05, 4.69) is 19.1 Å². The summed E-state index contributed by atoms with van der Waals surface area (Å²) in [5.41, 5.74) is 0. The Morgan fingerprint density at radius 1 is 1.09 bits per heavy atom. The van der Waals surface area contributed by atoms with Crippen molar-refractivity contribution in [1.82, 2.24) is 0 Å². The smallest absolute Gasteiger partial charge is 0.00639 e. The van der Waals surface area contributed by atoms with Crippen LogP contribution in [0.2, 0.25) is 0 Å². The van der Waals surface area contributed by atoms with Crippen LogP contribution in [0.4, 0.5) is 0 Å². The Morgan fingerprint density at radius 2 is 1.91 bits per heavy atom. The quantitative estimate of drug-likeness (QED) is 0.317. The minimum absolute atomic E-state index is 0.948. The number of thiocarbonyl (C=S) groups is 1. The third-order valence-corrected chi connectivity index (χ3v) is 1.82. The number of unbranched alkanes of at least 4 members (excludes halogenated alkanes) is 4. The lowest BCUT2D eigenvalue weighted by atomic mass is 10.1. The summed E-state index contributed by atoms with van der Waals surface area (Å²) in [6, 6.07) is 0. The minimum atomic E-state index is 0.948. The van der Waals surface area contributed by atoms with Crippen molar-refractivity contribution in [2.45, 2.75) is 45.4 Å². The standard InChI is InChI=1S/C10H18S/c1-2-3-4-5-6-7-8-9-10-11/h7-8,10H,2-6,9H2,1H3/b8-7+. The zero-order valence-corrected chi connectivity index (χ0v) is 8.20. The molecule has 0 bridgehead atoms. The second-order valence-corrected chi connectivity index (χ2v) is 3.06. The summed E-state index contributed by atoms with van der Waals surface area (Å²) >= 11 is 4.70. The molecule has 0 aliphatic rings. The molecule has 0 N–H and O–H groups in total.